The molecular weight excluding hydrogens is 298 g/mol. The number of anilines is 1. The highest BCUT2D eigenvalue weighted by Gasteiger charge is 2.50. The van der Waals surface area contributed by atoms with E-state index in [0.29, 0.717) is 0 Å². The SMILES string of the molecule is Cc1cc(C)c(C2C(O)C(c3ccc(N(C)C)cc3)C2O)cc1C. The predicted molar refractivity (Wildman–Crippen MR) is 98.9 cm³/mol. The van der Waals surface area contributed by atoms with Crippen molar-refractivity contribution in [2.45, 2.75) is 44.8 Å². The van der Waals surface area contributed by atoms with Gasteiger partial charge in [-0.15, -0.1) is 0 Å². The first-order chi connectivity index (χ1) is 11.3. The van der Waals surface area contributed by atoms with Crippen LogP contribution in [0.1, 0.15) is 39.7 Å². The number of nitrogens with zero attached hydrogens (tertiary/aromatic N) is 1. The van der Waals surface area contributed by atoms with Crippen LogP contribution in [0.3, 0.4) is 0 Å². The summed E-state index contributed by atoms with van der Waals surface area (Å²) in [6, 6.07) is 12.3. The van der Waals surface area contributed by atoms with Gasteiger partial charge < -0.3 is 15.1 Å². The zero-order valence-electron chi connectivity index (χ0n) is 15.1. The lowest BCUT2D eigenvalue weighted by Crippen LogP contribution is -2.51. The molecule has 1 saturated carbocycles. The van der Waals surface area contributed by atoms with Crippen LogP contribution in [0.25, 0.3) is 0 Å². The summed E-state index contributed by atoms with van der Waals surface area (Å²) in [5, 5.41) is 21.5. The van der Waals surface area contributed by atoms with Gasteiger partial charge in [0.25, 0.3) is 0 Å². The van der Waals surface area contributed by atoms with Crippen molar-refractivity contribution in [3.63, 3.8) is 0 Å². The second-order valence-electron chi connectivity index (χ2n) is 7.31. The van der Waals surface area contributed by atoms with Gasteiger partial charge in [-0.25, -0.2) is 0 Å². The molecule has 2 aromatic rings. The molecule has 0 spiro atoms. The van der Waals surface area contributed by atoms with Crippen LogP contribution in [0, 0.1) is 20.8 Å². The quantitative estimate of drug-likeness (QED) is 0.910. The van der Waals surface area contributed by atoms with Gasteiger partial charge in [-0.1, -0.05) is 24.3 Å². The summed E-state index contributed by atoms with van der Waals surface area (Å²) < 4.78 is 0. The number of hydrogen-bond donors (Lipinski definition) is 2. The van der Waals surface area contributed by atoms with Gasteiger partial charge in [-0.2, -0.15) is 0 Å². The summed E-state index contributed by atoms with van der Waals surface area (Å²) in [6.45, 7) is 6.22. The number of aliphatic hydroxyl groups excluding tert-OH is 2. The van der Waals surface area contributed by atoms with Crippen molar-refractivity contribution >= 4 is 5.69 Å². The fourth-order valence-electron chi connectivity index (χ4n) is 3.80. The third-order valence-electron chi connectivity index (χ3n) is 5.51. The van der Waals surface area contributed by atoms with E-state index in [2.05, 4.69) is 32.9 Å². The summed E-state index contributed by atoms with van der Waals surface area (Å²) in [7, 11) is 4.00. The Balaban J connectivity index is 1.85. The Labute approximate surface area is 144 Å². The lowest BCUT2D eigenvalue weighted by molar-refractivity contribution is -0.0787. The molecule has 2 unspecified atom stereocenters. The molecule has 1 fully saturated rings. The second-order valence-corrected chi connectivity index (χ2v) is 7.31. The molecule has 2 N–H and O–H groups in total. The van der Waals surface area contributed by atoms with Crippen LogP contribution in [0.5, 0.6) is 0 Å². The highest BCUT2D eigenvalue weighted by molar-refractivity contribution is 5.49. The van der Waals surface area contributed by atoms with Crippen molar-refractivity contribution in [1.82, 2.24) is 0 Å². The monoisotopic (exact) mass is 325 g/mol. The van der Waals surface area contributed by atoms with Crippen molar-refractivity contribution in [3.8, 4) is 0 Å². The molecule has 0 saturated heterocycles. The van der Waals surface area contributed by atoms with E-state index in [1.54, 1.807) is 0 Å². The Morgan fingerprint density at radius 1 is 0.750 bits per heavy atom. The van der Waals surface area contributed by atoms with Gasteiger partial charge in [0.1, 0.15) is 0 Å². The number of benzene rings is 2. The third kappa shape index (κ3) is 2.72. The number of hydrogen-bond acceptors (Lipinski definition) is 3. The second kappa shape index (κ2) is 6.23. The average molecular weight is 325 g/mol. The van der Waals surface area contributed by atoms with Crippen molar-refractivity contribution in [2.75, 3.05) is 19.0 Å². The first-order valence-electron chi connectivity index (χ1n) is 8.52. The summed E-state index contributed by atoms with van der Waals surface area (Å²) in [5.41, 5.74) is 6.77. The maximum absolute atomic E-state index is 10.7. The van der Waals surface area contributed by atoms with Gasteiger partial charge in [-0.3, -0.25) is 0 Å². The summed E-state index contributed by atoms with van der Waals surface area (Å²) in [5.74, 6) is -0.421. The van der Waals surface area contributed by atoms with Gasteiger partial charge in [0, 0.05) is 31.6 Å². The zero-order chi connectivity index (χ0) is 17.6. The van der Waals surface area contributed by atoms with Crippen molar-refractivity contribution < 1.29 is 10.2 Å². The molecule has 0 radical (unpaired) electrons. The molecule has 128 valence electrons. The largest absolute Gasteiger partial charge is 0.392 e. The van der Waals surface area contributed by atoms with E-state index in [1.807, 2.05) is 43.3 Å². The van der Waals surface area contributed by atoms with Crippen LogP contribution in [0.15, 0.2) is 36.4 Å². The maximum Gasteiger partial charge on any atom is 0.0727 e. The average Bonchev–Trinajstić information content (AvgIpc) is 2.53. The molecule has 3 nitrogen and oxygen atoms in total. The Morgan fingerprint density at radius 3 is 1.83 bits per heavy atom. The lowest BCUT2D eigenvalue weighted by atomic mass is 9.62. The van der Waals surface area contributed by atoms with E-state index in [4.69, 9.17) is 0 Å². The van der Waals surface area contributed by atoms with Gasteiger partial charge in [-0.05, 0) is 60.7 Å². The summed E-state index contributed by atoms with van der Waals surface area (Å²) in [4.78, 5) is 2.04. The molecule has 24 heavy (non-hydrogen) atoms. The molecule has 0 bridgehead atoms. The minimum atomic E-state index is -0.550. The Bertz CT molecular complexity index is 726. The fourth-order valence-corrected chi connectivity index (χ4v) is 3.80. The van der Waals surface area contributed by atoms with Crippen LogP contribution in [0.4, 0.5) is 5.69 Å². The van der Waals surface area contributed by atoms with Crippen LogP contribution in [-0.2, 0) is 0 Å². The van der Waals surface area contributed by atoms with E-state index in [-0.39, 0.29) is 11.8 Å². The van der Waals surface area contributed by atoms with Gasteiger partial charge in [0.15, 0.2) is 0 Å². The van der Waals surface area contributed by atoms with Crippen molar-refractivity contribution in [1.29, 1.82) is 0 Å². The van der Waals surface area contributed by atoms with E-state index >= 15 is 0 Å². The molecule has 0 aliphatic heterocycles. The van der Waals surface area contributed by atoms with Crippen LogP contribution in [0.2, 0.25) is 0 Å². The third-order valence-corrected chi connectivity index (χ3v) is 5.51. The standard InChI is InChI=1S/C21H27NO2/c1-12-10-14(3)17(11-13(12)2)19-20(23)18(21(19)24)15-6-8-16(9-7-15)22(4)5/h6-11,18-21,23-24H,1-5H3. The van der Waals surface area contributed by atoms with E-state index in [9.17, 15) is 10.2 Å². The van der Waals surface area contributed by atoms with Crippen LogP contribution < -0.4 is 4.90 Å². The van der Waals surface area contributed by atoms with Gasteiger partial charge >= 0.3 is 0 Å². The Morgan fingerprint density at radius 2 is 1.29 bits per heavy atom. The molecular formula is C21H27NO2. The van der Waals surface area contributed by atoms with Crippen LogP contribution in [-0.4, -0.2) is 36.5 Å². The Hall–Kier alpha value is -1.84. The molecule has 0 amide bonds. The number of rotatable bonds is 3. The molecule has 0 heterocycles. The fraction of sp³-hybridized carbons (Fsp3) is 0.429. The predicted octanol–water partition coefficient (Wildman–Crippen LogP) is 3.28. The topological polar surface area (TPSA) is 43.7 Å². The minimum Gasteiger partial charge on any atom is -0.392 e. The van der Waals surface area contributed by atoms with Crippen molar-refractivity contribution in [3.05, 3.63) is 64.2 Å². The zero-order valence-corrected chi connectivity index (χ0v) is 15.1. The normalized spacial score (nSPS) is 26.1. The molecule has 3 rings (SSSR count). The van der Waals surface area contributed by atoms with E-state index in [1.165, 1.54) is 11.1 Å². The number of aliphatic hydroxyl groups is 2. The minimum absolute atomic E-state index is 0.206. The number of aryl methyl sites for hydroxylation is 3. The van der Waals surface area contributed by atoms with Gasteiger partial charge in [0.2, 0.25) is 0 Å². The van der Waals surface area contributed by atoms with Gasteiger partial charge in [0.05, 0.1) is 12.2 Å². The first-order valence-corrected chi connectivity index (χ1v) is 8.52. The molecule has 0 aromatic heterocycles. The van der Waals surface area contributed by atoms with E-state index in [0.717, 1.165) is 22.4 Å². The van der Waals surface area contributed by atoms with Crippen LogP contribution >= 0.6 is 0 Å². The lowest BCUT2D eigenvalue weighted by Gasteiger charge is -2.47. The molecule has 1 aliphatic carbocycles. The van der Waals surface area contributed by atoms with E-state index < -0.39 is 12.2 Å². The Kier molecular flexibility index (Phi) is 4.41. The summed E-state index contributed by atoms with van der Waals surface area (Å²) in [6.07, 6.45) is -1.10. The molecule has 3 heteroatoms. The molecule has 1 aliphatic rings. The summed E-state index contributed by atoms with van der Waals surface area (Å²) >= 11 is 0. The van der Waals surface area contributed by atoms with Crippen molar-refractivity contribution in [2.24, 2.45) is 0 Å². The first kappa shape index (κ1) is 17.0. The maximum atomic E-state index is 10.7. The molecule has 2 aromatic carbocycles. The highest BCUT2D eigenvalue weighted by atomic mass is 16.3. The molecule has 2 atom stereocenters. The highest BCUT2D eigenvalue weighted by Crippen LogP contribution is 2.49. The smallest absolute Gasteiger partial charge is 0.0727 e.